The molecule has 1 saturated heterocycles. The largest absolute Gasteiger partial charge is 0.346 e. The number of carbonyl (C=O) groups is 1. The van der Waals surface area contributed by atoms with Crippen LogP contribution in [-0.2, 0) is 4.79 Å². The van der Waals surface area contributed by atoms with E-state index in [1.54, 1.807) is 17.4 Å². The first-order chi connectivity index (χ1) is 13.1. The van der Waals surface area contributed by atoms with Crippen molar-refractivity contribution in [3.05, 3.63) is 47.2 Å². The van der Waals surface area contributed by atoms with E-state index in [2.05, 4.69) is 15.3 Å². The van der Waals surface area contributed by atoms with Crippen molar-refractivity contribution >= 4 is 59.8 Å². The molecule has 2 aromatic carbocycles. The fraction of sp³-hybridized carbons (Fsp3) is 0.211. The van der Waals surface area contributed by atoms with Crippen LogP contribution in [0.5, 0.6) is 0 Å². The van der Waals surface area contributed by atoms with Gasteiger partial charge in [0.2, 0.25) is 5.91 Å². The second-order valence-electron chi connectivity index (χ2n) is 6.59. The highest BCUT2D eigenvalue weighted by atomic mass is 32.1. The zero-order valence-corrected chi connectivity index (χ0v) is 16.0. The summed E-state index contributed by atoms with van der Waals surface area (Å²) in [5.41, 5.74) is 2.07. The number of fused-ring (bicyclic) bond motifs is 2. The molecule has 0 aliphatic carbocycles. The number of nitrogens with one attached hydrogen (secondary N) is 1. The highest BCUT2D eigenvalue weighted by Crippen LogP contribution is 2.34. The molecule has 1 fully saturated rings. The Morgan fingerprint density at radius 1 is 1.19 bits per heavy atom. The molecule has 3 heterocycles. The van der Waals surface area contributed by atoms with Gasteiger partial charge in [-0.05, 0) is 37.3 Å². The van der Waals surface area contributed by atoms with Gasteiger partial charge in [-0.15, -0.1) is 11.3 Å². The van der Waals surface area contributed by atoms with Crippen molar-refractivity contribution in [1.29, 1.82) is 0 Å². The van der Waals surface area contributed by atoms with Gasteiger partial charge in [0.05, 0.1) is 25.8 Å². The standard InChI is InChI=1S/C19H15FN4OS2/c1-10-21-14-7-12(5-6-15(14)26-10)22-18(25)11-8-24(9-11)19-23-17-13(20)3-2-4-16(17)27-19/h2-7,11H,8-9H2,1H3,(H,22,25). The number of halogens is 1. The lowest BCUT2D eigenvalue weighted by Gasteiger charge is -2.37. The first-order valence-corrected chi connectivity index (χ1v) is 10.2. The monoisotopic (exact) mass is 398 g/mol. The van der Waals surface area contributed by atoms with Gasteiger partial charge in [0.25, 0.3) is 0 Å². The molecular weight excluding hydrogens is 383 g/mol. The van der Waals surface area contributed by atoms with Crippen LogP contribution in [0.15, 0.2) is 36.4 Å². The molecule has 1 aliphatic heterocycles. The lowest BCUT2D eigenvalue weighted by atomic mass is 10.00. The molecule has 1 amide bonds. The van der Waals surface area contributed by atoms with Crippen LogP contribution in [0, 0.1) is 18.7 Å². The number of carbonyl (C=O) groups excluding carboxylic acids is 1. The van der Waals surface area contributed by atoms with Crippen molar-refractivity contribution in [1.82, 2.24) is 9.97 Å². The molecule has 4 aromatic rings. The molecule has 5 rings (SSSR count). The molecule has 1 aliphatic rings. The second-order valence-corrected chi connectivity index (χ2v) is 8.83. The Labute approximate surface area is 162 Å². The van der Waals surface area contributed by atoms with E-state index in [4.69, 9.17) is 0 Å². The number of thiazole rings is 2. The van der Waals surface area contributed by atoms with Crippen molar-refractivity contribution in [3.8, 4) is 0 Å². The predicted molar refractivity (Wildman–Crippen MR) is 108 cm³/mol. The zero-order valence-electron chi connectivity index (χ0n) is 14.4. The summed E-state index contributed by atoms with van der Waals surface area (Å²) in [6.45, 7) is 3.15. The van der Waals surface area contributed by atoms with Gasteiger partial charge in [0.15, 0.2) is 5.13 Å². The van der Waals surface area contributed by atoms with Crippen LogP contribution < -0.4 is 10.2 Å². The number of aromatic nitrogens is 2. The van der Waals surface area contributed by atoms with Gasteiger partial charge in [-0.3, -0.25) is 4.79 Å². The summed E-state index contributed by atoms with van der Waals surface area (Å²) in [7, 11) is 0. The minimum atomic E-state index is -0.308. The Bertz CT molecular complexity index is 1180. The lowest BCUT2D eigenvalue weighted by molar-refractivity contribution is -0.120. The Balaban J connectivity index is 1.26. The molecule has 0 spiro atoms. The van der Waals surface area contributed by atoms with E-state index in [1.165, 1.54) is 17.4 Å². The minimum absolute atomic E-state index is 0.00940. The molecule has 0 saturated carbocycles. The first kappa shape index (κ1) is 16.6. The molecule has 0 unspecified atom stereocenters. The van der Waals surface area contributed by atoms with Crippen LogP contribution in [-0.4, -0.2) is 29.0 Å². The Hall–Kier alpha value is -2.58. The molecule has 2 aromatic heterocycles. The Morgan fingerprint density at radius 2 is 2.04 bits per heavy atom. The maximum atomic E-state index is 13.8. The smallest absolute Gasteiger partial charge is 0.231 e. The summed E-state index contributed by atoms with van der Waals surface area (Å²) in [6, 6.07) is 10.8. The third-order valence-electron chi connectivity index (χ3n) is 4.64. The normalized spacial score (nSPS) is 14.7. The van der Waals surface area contributed by atoms with Gasteiger partial charge < -0.3 is 10.2 Å². The molecule has 0 atom stereocenters. The number of hydrogen-bond acceptors (Lipinski definition) is 6. The number of amides is 1. The molecule has 8 heteroatoms. The van der Waals surface area contributed by atoms with Crippen LogP contribution in [0.2, 0.25) is 0 Å². The number of para-hydroxylation sites is 1. The van der Waals surface area contributed by atoms with Crippen molar-refractivity contribution in [2.45, 2.75) is 6.92 Å². The third-order valence-corrected chi connectivity index (χ3v) is 6.68. The van der Waals surface area contributed by atoms with E-state index in [1.807, 2.05) is 36.1 Å². The molecule has 0 radical (unpaired) electrons. The summed E-state index contributed by atoms with van der Waals surface area (Å²) in [5.74, 6) is -0.419. The van der Waals surface area contributed by atoms with Crippen LogP contribution in [0.4, 0.5) is 15.2 Å². The summed E-state index contributed by atoms with van der Waals surface area (Å²) in [6.07, 6.45) is 0. The summed E-state index contributed by atoms with van der Waals surface area (Å²) in [4.78, 5) is 23.4. The van der Waals surface area contributed by atoms with Crippen LogP contribution in [0.3, 0.4) is 0 Å². The lowest BCUT2D eigenvalue weighted by Crippen LogP contribution is -2.52. The molecular formula is C19H15FN4OS2. The number of hydrogen-bond donors (Lipinski definition) is 1. The molecule has 1 N–H and O–H groups in total. The number of anilines is 2. The summed E-state index contributed by atoms with van der Waals surface area (Å²) in [5, 5.41) is 4.75. The predicted octanol–water partition coefficient (Wildman–Crippen LogP) is 4.43. The van der Waals surface area contributed by atoms with E-state index in [9.17, 15) is 9.18 Å². The number of nitrogens with zero attached hydrogens (tertiary/aromatic N) is 3. The number of rotatable bonds is 3. The van der Waals surface area contributed by atoms with Gasteiger partial charge in [-0.25, -0.2) is 14.4 Å². The first-order valence-electron chi connectivity index (χ1n) is 8.55. The Morgan fingerprint density at radius 3 is 2.85 bits per heavy atom. The van der Waals surface area contributed by atoms with Gasteiger partial charge in [-0.2, -0.15) is 0 Å². The maximum Gasteiger partial charge on any atom is 0.231 e. The molecule has 27 heavy (non-hydrogen) atoms. The van der Waals surface area contributed by atoms with Crippen LogP contribution in [0.1, 0.15) is 5.01 Å². The van der Waals surface area contributed by atoms with E-state index >= 15 is 0 Å². The fourth-order valence-electron chi connectivity index (χ4n) is 3.20. The van der Waals surface area contributed by atoms with Gasteiger partial charge >= 0.3 is 0 Å². The van der Waals surface area contributed by atoms with Gasteiger partial charge in [0.1, 0.15) is 11.3 Å². The van der Waals surface area contributed by atoms with Gasteiger partial charge in [0, 0.05) is 18.8 Å². The minimum Gasteiger partial charge on any atom is -0.346 e. The highest BCUT2D eigenvalue weighted by Gasteiger charge is 2.34. The van der Waals surface area contributed by atoms with Crippen molar-refractivity contribution < 1.29 is 9.18 Å². The third kappa shape index (κ3) is 2.94. The number of aryl methyl sites for hydroxylation is 1. The second kappa shape index (κ2) is 6.24. The van der Waals surface area contributed by atoms with Crippen molar-refractivity contribution in [2.24, 2.45) is 5.92 Å². The fourth-order valence-corrected chi connectivity index (χ4v) is 5.01. The van der Waals surface area contributed by atoms with E-state index in [-0.39, 0.29) is 17.6 Å². The molecule has 5 nitrogen and oxygen atoms in total. The topological polar surface area (TPSA) is 58.1 Å². The van der Waals surface area contributed by atoms with E-state index in [0.717, 1.165) is 30.7 Å². The number of benzene rings is 2. The maximum absolute atomic E-state index is 13.8. The van der Waals surface area contributed by atoms with Gasteiger partial charge in [-0.1, -0.05) is 17.4 Å². The van der Waals surface area contributed by atoms with Crippen molar-refractivity contribution in [3.63, 3.8) is 0 Å². The van der Waals surface area contributed by atoms with Crippen LogP contribution in [0.25, 0.3) is 20.4 Å². The quantitative estimate of drug-likeness (QED) is 0.555. The van der Waals surface area contributed by atoms with Crippen LogP contribution >= 0.6 is 22.7 Å². The van der Waals surface area contributed by atoms with Crippen molar-refractivity contribution in [2.75, 3.05) is 23.3 Å². The average Bonchev–Trinajstić information content (AvgIpc) is 3.16. The van der Waals surface area contributed by atoms with E-state index < -0.39 is 0 Å². The summed E-state index contributed by atoms with van der Waals surface area (Å²) >= 11 is 3.09. The average molecular weight is 398 g/mol. The van der Waals surface area contributed by atoms with E-state index in [0.29, 0.717) is 18.6 Å². The molecule has 0 bridgehead atoms. The summed E-state index contributed by atoms with van der Waals surface area (Å²) < 4.78 is 15.7. The SMILES string of the molecule is Cc1nc2cc(NC(=O)C3CN(c4nc5c(F)cccc5s4)C3)ccc2s1. The Kier molecular flexibility index (Phi) is 3.84. The zero-order chi connectivity index (χ0) is 18.5. The molecule has 136 valence electrons. The highest BCUT2D eigenvalue weighted by molar-refractivity contribution is 7.22.